The third kappa shape index (κ3) is 4.64. The van der Waals surface area contributed by atoms with Crippen molar-refractivity contribution in [2.24, 2.45) is 7.05 Å². The Bertz CT molecular complexity index is 1470. The van der Waals surface area contributed by atoms with Gasteiger partial charge in [0.2, 0.25) is 5.91 Å². The average molecular weight is 541 g/mol. The van der Waals surface area contributed by atoms with Crippen LogP contribution in [0, 0.1) is 0 Å². The molecule has 2 aliphatic rings. The van der Waals surface area contributed by atoms with E-state index in [2.05, 4.69) is 10.3 Å². The molecule has 5 rings (SSSR count). The molecule has 1 aliphatic heterocycles. The Labute approximate surface area is 225 Å². The van der Waals surface area contributed by atoms with Crippen molar-refractivity contribution in [3.05, 3.63) is 39.3 Å². The Morgan fingerprint density at radius 2 is 1.89 bits per heavy atom. The van der Waals surface area contributed by atoms with Crippen LogP contribution in [0.2, 0.25) is 0 Å². The second-order valence-electron chi connectivity index (χ2n) is 11.7. The number of carbonyl (C=O) groups excluding carboxylic acids is 2. The minimum absolute atomic E-state index is 0.0221. The number of amides is 2. The lowest BCUT2D eigenvalue weighted by Crippen LogP contribution is -2.41. The van der Waals surface area contributed by atoms with E-state index in [0.717, 1.165) is 34.6 Å². The maximum absolute atomic E-state index is 13.0. The fraction of sp³-hybridized carbons (Fsp3) is 0.536. The molecule has 1 saturated heterocycles. The van der Waals surface area contributed by atoms with Crippen LogP contribution in [0.15, 0.2) is 23.1 Å². The highest BCUT2D eigenvalue weighted by atomic mass is 32.1. The Kier molecular flexibility index (Phi) is 6.46. The first-order valence-corrected chi connectivity index (χ1v) is 13.9. The van der Waals surface area contributed by atoms with Gasteiger partial charge in [-0.1, -0.05) is 13.8 Å². The van der Waals surface area contributed by atoms with E-state index in [4.69, 9.17) is 4.74 Å². The number of H-pyrrole nitrogens is 1. The lowest BCUT2D eigenvalue weighted by molar-refractivity contribution is -0.127. The van der Waals surface area contributed by atoms with E-state index >= 15 is 0 Å². The van der Waals surface area contributed by atoms with Gasteiger partial charge in [0, 0.05) is 54.0 Å². The molecule has 1 saturated carbocycles. The molecule has 9 nitrogen and oxygen atoms in total. The van der Waals surface area contributed by atoms with E-state index in [1.165, 1.54) is 15.9 Å². The summed E-state index contributed by atoms with van der Waals surface area (Å²) in [6, 6.07) is 3.86. The lowest BCUT2D eigenvalue weighted by atomic mass is 9.76. The maximum atomic E-state index is 13.0. The van der Waals surface area contributed by atoms with Crippen LogP contribution in [0.5, 0.6) is 5.75 Å². The minimum Gasteiger partial charge on any atom is -0.490 e. The van der Waals surface area contributed by atoms with Crippen LogP contribution in [-0.2, 0) is 17.3 Å². The van der Waals surface area contributed by atoms with Crippen molar-refractivity contribution in [3.63, 3.8) is 0 Å². The number of nitrogens with one attached hydrogen (secondary N) is 2. The number of aliphatic hydroxyl groups is 1. The summed E-state index contributed by atoms with van der Waals surface area (Å²) in [6.07, 6.45) is 4.95. The quantitative estimate of drug-likeness (QED) is 0.404. The molecule has 3 aromatic heterocycles. The molecule has 0 spiro atoms. The van der Waals surface area contributed by atoms with E-state index < -0.39 is 11.0 Å². The predicted octanol–water partition coefficient (Wildman–Crippen LogP) is 3.54. The van der Waals surface area contributed by atoms with Crippen molar-refractivity contribution < 1.29 is 19.4 Å². The number of ether oxygens (including phenoxy) is 1. The van der Waals surface area contributed by atoms with Crippen LogP contribution >= 0.6 is 11.3 Å². The normalized spacial score (nSPS) is 18.4. The Balaban J connectivity index is 1.62. The average Bonchev–Trinajstić information content (AvgIpc) is 3.24. The van der Waals surface area contributed by atoms with Crippen LogP contribution in [-0.4, -0.2) is 62.7 Å². The van der Waals surface area contributed by atoms with Crippen LogP contribution in [0.25, 0.3) is 21.3 Å². The number of hydrogen-bond acceptors (Lipinski definition) is 6. The molecule has 38 heavy (non-hydrogen) atoms. The number of nitrogens with zero attached hydrogens (tertiary/aromatic N) is 2. The number of rotatable bonds is 8. The van der Waals surface area contributed by atoms with Crippen molar-refractivity contribution in [1.29, 1.82) is 0 Å². The fourth-order valence-electron chi connectivity index (χ4n) is 4.65. The van der Waals surface area contributed by atoms with E-state index in [-0.39, 0.29) is 29.5 Å². The van der Waals surface area contributed by atoms with E-state index in [1.54, 1.807) is 45.1 Å². The van der Waals surface area contributed by atoms with E-state index in [0.29, 0.717) is 35.4 Å². The third-order valence-corrected chi connectivity index (χ3v) is 9.75. The molecule has 2 fully saturated rings. The highest BCUT2D eigenvalue weighted by Crippen LogP contribution is 2.48. The maximum Gasteiger partial charge on any atom is 0.274 e. The summed E-state index contributed by atoms with van der Waals surface area (Å²) in [5.41, 5.74) is -0.366. The SMILES string of the molecule is CN1C(=O)CCC1COc1cc(C(C)(C)C(C)(C)O)sc1-c1cn(C)c(=O)c2[nH]c(C(=O)NC3CC3)cc12. The van der Waals surface area contributed by atoms with E-state index in [1.807, 2.05) is 19.9 Å². The molecule has 1 unspecified atom stereocenters. The molecule has 0 bridgehead atoms. The molecule has 4 heterocycles. The Hall–Kier alpha value is -3.11. The summed E-state index contributed by atoms with van der Waals surface area (Å²) >= 11 is 1.50. The largest absolute Gasteiger partial charge is 0.490 e. The molecule has 1 aliphatic carbocycles. The van der Waals surface area contributed by atoms with Gasteiger partial charge in [-0.05, 0) is 45.2 Å². The molecule has 204 valence electrons. The topological polar surface area (TPSA) is 117 Å². The molecular weight excluding hydrogens is 504 g/mol. The van der Waals surface area contributed by atoms with Gasteiger partial charge in [-0.15, -0.1) is 11.3 Å². The summed E-state index contributed by atoms with van der Waals surface area (Å²) in [6.45, 7) is 7.89. The molecule has 0 aromatic carbocycles. The second kappa shape index (κ2) is 9.27. The number of fused-ring (bicyclic) bond motifs is 1. The highest BCUT2D eigenvalue weighted by molar-refractivity contribution is 7.16. The zero-order valence-corrected chi connectivity index (χ0v) is 23.6. The summed E-state index contributed by atoms with van der Waals surface area (Å²) in [5, 5.41) is 14.6. The molecule has 3 N–H and O–H groups in total. The number of likely N-dealkylation sites (tertiary alicyclic amines) is 1. The summed E-state index contributed by atoms with van der Waals surface area (Å²) in [5.74, 6) is 0.509. The standard InChI is InChI=1S/C28H36N4O5S/c1-27(2,28(3,4)36)21-12-20(37-14-16-9-10-22(33)32(16)6)24(38-21)18-13-31(5)26(35)23-17(18)11-19(30-23)25(34)29-15-7-8-15/h11-13,15-16,30,36H,7-10,14H2,1-6H3,(H,29,34). The Morgan fingerprint density at radius 1 is 1.18 bits per heavy atom. The number of likely N-dealkylation sites (N-methyl/N-ethyl adjacent to an activating group) is 1. The number of aryl methyl sites for hydroxylation is 1. The third-order valence-electron chi connectivity index (χ3n) is 8.27. The van der Waals surface area contributed by atoms with Crippen molar-refractivity contribution in [2.45, 2.75) is 76.5 Å². The zero-order chi connectivity index (χ0) is 27.6. The van der Waals surface area contributed by atoms with Crippen molar-refractivity contribution in [3.8, 4) is 16.2 Å². The van der Waals surface area contributed by atoms with Gasteiger partial charge in [0.1, 0.15) is 23.6 Å². The van der Waals surface area contributed by atoms with Crippen LogP contribution in [0.4, 0.5) is 0 Å². The first kappa shape index (κ1) is 26.5. The van der Waals surface area contributed by atoms with Gasteiger partial charge in [0.15, 0.2) is 0 Å². The number of hydrogen-bond donors (Lipinski definition) is 3. The van der Waals surface area contributed by atoms with Gasteiger partial charge in [-0.2, -0.15) is 0 Å². The van der Waals surface area contributed by atoms with Gasteiger partial charge in [-0.3, -0.25) is 14.4 Å². The first-order chi connectivity index (χ1) is 17.8. The van der Waals surface area contributed by atoms with E-state index in [9.17, 15) is 19.5 Å². The highest BCUT2D eigenvalue weighted by Gasteiger charge is 2.39. The fourth-order valence-corrected chi connectivity index (χ4v) is 6.03. The summed E-state index contributed by atoms with van der Waals surface area (Å²) in [7, 11) is 3.48. The number of aromatic amines is 1. The predicted molar refractivity (Wildman–Crippen MR) is 148 cm³/mol. The number of pyridine rings is 1. The van der Waals surface area contributed by atoms with Gasteiger partial charge < -0.3 is 29.6 Å². The molecule has 2 amide bonds. The smallest absolute Gasteiger partial charge is 0.274 e. The number of thiophene rings is 1. The molecule has 3 aromatic rings. The summed E-state index contributed by atoms with van der Waals surface area (Å²) in [4.78, 5) is 44.4. The van der Waals surface area contributed by atoms with Crippen LogP contribution in [0.3, 0.4) is 0 Å². The van der Waals surface area contributed by atoms with Gasteiger partial charge in [0.25, 0.3) is 11.5 Å². The van der Waals surface area contributed by atoms with Crippen molar-refractivity contribution in [1.82, 2.24) is 19.8 Å². The molecule has 10 heteroatoms. The van der Waals surface area contributed by atoms with Gasteiger partial charge in [-0.25, -0.2) is 0 Å². The second-order valence-corrected chi connectivity index (χ2v) is 12.7. The summed E-state index contributed by atoms with van der Waals surface area (Å²) < 4.78 is 7.88. The zero-order valence-electron chi connectivity index (χ0n) is 22.8. The first-order valence-electron chi connectivity index (χ1n) is 13.1. The monoisotopic (exact) mass is 540 g/mol. The molecule has 1 atom stereocenters. The number of carbonyl (C=O) groups is 2. The van der Waals surface area contributed by atoms with Gasteiger partial charge in [0.05, 0.1) is 16.5 Å². The van der Waals surface area contributed by atoms with Crippen molar-refractivity contribution in [2.75, 3.05) is 13.7 Å². The molecule has 0 radical (unpaired) electrons. The molecular formula is C28H36N4O5S. The Morgan fingerprint density at radius 3 is 2.50 bits per heavy atom. The van der Waals surface area contributed by atoms with Crippen LogP contribution in [0.1, 0.15) is 68.7 Å². The van der Waals surface area contributed by atoms with Crippen molar-refractivity contribution >= 4 is 34.1 Å². The lowest BCUT2D eigenvalue weighted by Gasteiger charge is -2.36. The minimum atomic E-state index is -1.01. The van der Waals surface area contributed by atoms with Crippen LogP contribution < -0.4 is 15.6 Å². The van der Waals surface area contributed by atoms with Gasteiger partial charge >= 0.3 is 0 Å². The number of aromatic nitrogens is 2.